The van der Waals surface area contributed by atoms with E-state index in [1.54, 1.807) is 0 Å². The van der Waals surface area contributed by atoms with E-state index in [-0.39, 0.29) is 6.29 Å². The maximum atomic E-state index is 10.5. The van der Waals surface area contributed by atoms with Crippen LogP contribution in [-0.4, -0.2) is 64.0 Å². The summed E-state index contributed by atoms with van der Waals surface area (Å²) in [5.74, 6) is 0. The fourth-order valence-electron chi connectivity index (χ4n) is 0.971. The van der Waals surface area contributed by atoms with Gasteiger partial charge in [-0.3, -0.25) is 0 Å². The third-order valence-corrected chi connectivity index (χ3v) is 1.77. The first-order valence-electron chi connectivity index (χ1n) is 4.45. The second-order valence-corrected chi connectivity index (χ2v) is 3.17. The smallest absolute Gasteiger partial charge is 0.151 e. The Balaban J connectivity index is 4.36. The van der Waals surface area contributed by atoms with E-state index in [9.17, 15) is 15.0 Å². The molecular formula is C8H17NO6. The van der Waals surface area contributed by atoms with Crippen LogP contribution in [0.2, 0.25) is 0 Å². The van der Waals surface area contributed by atoms with Crippen molar-refractivity contribution in [2.24, 2.45) is 5.73 Å². The standard InChI is InChI=1S/C8H17NO6/c1-4(9)15-6(3-11)8(14)7(13)5(12)2-10/h3-8,10,12-14H,2,9H2,1H3/t4?,5-,6+,7-,8-/m1/s1. The highest BCUT2D eigenvalue weighted by molar-refractivity contribution is 5.57. The number of hydrogen-bond donors (Lipinski definition) is 5. The largest absolute Gasteiger partial charge is 0.394 e. The van der Waals surface area contributed by atoms with Crippen molar-refractivity contribution < 1.29 is 30.0 Å². The molecule has 0 spiro atoms. The molecule has 0 heterocycles. The summed E-state index contributed by atoms with van der Waals surface area (Å²) in [7, 11) is 0. The van der Waals surface area contributed by atoms with Crippen LogP contribution in [0.5, 0.6) is 0 Å². The van der Waals surface area contributed by atoms with Crippen molar-refractivity contribution in [3.05, 3.63) is 0 Å². The van der Waals surface area contributed by atoms with Crippen molar-refractivity contribution in [3.63, 3.8) is 0 Å². The highest BCUT2D eigenvalue weighted by atomic mass is 16.5. The lowest BCUT2D eigenvalue weighted by Gasteiger charge is -2.26. The molecule has 0 aromatic carbocycles. The van der Waals surface area contributed by atoms with Gasteiger partial charge in [0, 0.05) is 0 Å². The summed E-state index contributed by atoms with van der Waals surface area (Å²) in [6, 6.07) is 0. The maximum absolute atomic E-state index is 10.5. The van der Waals surface area contributed by atoms with Crippen molar-refractivity contribution in [2.45, 2.75) is 37.6 Å². The summed E-state index contributed by atoms with van der Waals surface area (Å²) in [6.45, 7) is 0.708. The average Bonchev–Trinajstić information content (AvgIpc) is 2.22. The molecular weight excluding hydrogens is 206 g/mol. The lowest BCUT2D eigenvalue weighted by atomic mass is 10.0. The van der Waals surface area contributed by atoms with Crippen LogP contribution in [0.1, 0.15) is 6.92 Å². The Morgan fingerprint density at radius 1 is 1.33 bits per heavy atom. The van der Waals surface area contributed by atoms with E-state index in [0.717, 1.165) is 0 Å². The van der Waals surface area contributed by atoms with Crippen LogP contribution < -0.4 is 5.73 Å². The van der Waals surface area contributed by atoms with E-state index in [4.69, 9.17) is 20.7 Å². The van der Waals surface area contributed by atoms with Gasteiger partial charge in [-0.25, -0.2) is 0 Å². The predicted octanol–water partition coefficient (Wildman–Crippen LogP) is -3.05. The molecule has 6 N–H and O–H groups in total. The van der Waals surface area contributed by atoms with Crippen molar-refractivity contribution in [3.8, 4) is 0 Å². The summed E-state index contributed by atoms with van der Waals surface area (Å²) in [5.41, 5.74) is 5.23. The van der Waals surface area contributed by atoms with Gasteiger partial charge in [0.1, 0.15) is 30.6 Å². The van der Waals surface area contributed by atoms with E-state index in [0.29, 0.717) is 0 Å². The van der Waals surface area contributed by atoms with E-state index < -0.39 is 37.3 Å². The predicted molar refractivity (Wildman–Crippen MR) is 49.7 cm³/mol. The van der Waals surface area contributed by atoms with Crippen molar-refractivity contribution in [1.82, 2.24) is 0 Å². The van der Waals surface area contributed by atoms with Crippen LogP contribution in [0.15, 0.2) is 0 Å². The molecule has 0 aliphatic carbocycles. The van der Waals surface area contributed by atoms with Crippen molar-refractivity contribution in [1.29, 1.82) is 0 Å². The number of carbonyl (C=O) groups is 1. The van der Waals surface area contributed by atoms with Crippen LogP contribution in [0.25, 0.3) is 0 Å². The first kappa shape index (κ1) is 14.4. The SMILES string of the molecule is CC(N)O[C@@H](C=O)[C@@H](O)[C@H](O)[C@H](O)CO. The molecule has 1 unspecified atom stereocenters. The summed E-state index contributed by atoms with van der Waals surface area (Å²) in [4.78, 5) is 10.5. The van der Waals surface area contributed by atoms with Gasteiger partial charge in [0.25, 0.3) is 0 Å². The topological polar surface area (TPSA) is 133 Å². The molecule has 0 saturated carbocycles. The molecule has 0 radical (unpaired) electrons. The van der Waals surface area contributed by atoms with Crippen LogP contribution in [0, 0.1) is 0 Å². The Bertz CT molecular complexity index is 188. The number of aldehydes is 1. The third kappa shape index (κ3) is 4.65. The van der Waals surface area contributed by atoms with Crippen LogP contribution in [-0.2, 0) is 9.53 Å². The average molecular weight is 223 g/mol. The molecule has 0 aromatic rings. The molecule has 0 aliphatic rings. The highest BCUT2D eigenvalue weighted by Gasteiger charge is 2.32. The van der Waals surface area contributed by atoms with Gasteiger partial charge >= 0.3 is 0 Å². The molecule has 0 aromatic heterocycles. The van der Waals surface area contributed by atoms with Crippen LogP contribution in [0.3, 0.4) is 0 Å². The Kier molecular flexibility index (Phi) is 6.57. The van der Waals surface area contributed by atoms with Crippen molar-refractivity contribution in [2.75, 3.05) is 6.61 Å². The third-order valence-electron chi connectivity index (χ3n) is 1.77. The zero-order valence-corrected chi connectivity index (χ0v) is 8.35. The number of hydrogen-bond acceptors (Lipinski definition) is 7. The Morgan fingerprint density at radius 2 is 1.87 bits per heavy atom. The molecule has 7 nitrogen and oxygen atoms in total. The quantitative estimate of drug-likeness (QED) is 0.229. The van der Waals surface area contributed by atoms with Gasteiger partial charge in [-0.2, -0.15) is 0 Å². The zero-order valence-electron chi connectivity index (χ0n) is 8.35. The van der Waals surface area contributed by atoms with E-state index in [2.05, 4.69) is 0 Å². The second kappa shape index (κ2) is 6.83. The molecule has 90 valence electrons. The molecule has 15 heavy (non-hydrogen) atoms. The number of nitrogens with two attached hydrogens (primary N) is 1. The van der Waals surface area contributed by atoms with Crippen LogP contribution >= 0.6 is 0 Å². The first-order valence-corrected chi connectivity index (χ1v) is 4.45. The Morgan fingerprint density at radius 3 is 2.20 bits per heavy atom. The lowest BCUT2D eigenvalue weighted by Crippen LogP contribution is -2.48. The summed E-state index contributed by atoms with van der Waals surface area (Å²) in [5, 5.41) is 36.2. The zero-order chi connectivity index (χ0) is 12.0. The molecule has 0 aliphatic heterocycles. The molecule has 0 saturated heterocycles. The molecule has 5 atom stereocenters. The summed E-state index contributed by atoms with van der Waals surface area (Å²) >= 11 is 0. The molecule has 0 rings (SSSR count). The van der Waals surface area contributed by atoms with Gasteiger partial charge < -0.3 is 35.7 Å². The van der Waals surface area contributed by atoms with Crippen molar-refractivity contribution >= 4 is 6.29 Å². The highest BCUT2D eigenvalue weighted by Crippen LogP contribution is 2.07. The van der Waals surface area contributed by atoms with Gasteiger partial charge in [0.2, 0.25) is 0 Å². The number of carbonyl (C=O) groups excluding carboxylic acids is 1. The summed E-state index contributed by atoms with van der Waals surface area (Å²) in [6.07, 6.45) is -6.74. The molecule has 7 heteroatoms. The maximum Gasteiger partial charge on any atom is 0.151 e. The lowest BCUT2D eigenvalue weighted by molar-refractivity contribution is -0.153. The van der Waals surface area contributed by atoms with Gasteiger partial charge in [-0.15, -0.1) is 0 Å². The molecule has 0 bridgehead atoms. The van der Waals surface area contributed by atoms with Gasteiger partial charge in [0.05, 0.1) is 6.61 Å². The molecule has 0 amide bonds. The van der Waals surface area contributed by atoms with Gasteiger partial charge in [-0.05, 0) is 6.92 Å². The van der Waals surface area contributed by atoms with E-state index in [1.165, 1.54) is 6.92 Å². The van der Waals surface area contributed by atoms with Crippen LogP contribution in [0.4, 0.5) is 0 Å². The van der Waals surface area contributed by atoms with E-state index in [1.807, 2.05) is 0 Å². The van der Waals surface area contributed by atoms with Gasteiger partial charge in [0.15, 0.2) is 6.29 Å². The Labute approximate surface area is 87.1 Å². The minimum absolute atomic E-state index is 0.265. The minimum atomic E-state index is -1.68. The number of aliphatic hydroxyl groups excluding tert-OH is 4. The second-order valence-electron chi connectivity index (χ2n) is 3.17. The van der Waals surface area contributed by atoms with E-state index >= 15 is 0 Å². The fourth-order valence-corrected chi connectivity index (χ4v) is 0.971. The number of ether oxygens (including phenoxy) is 1. The first-order chi connectivity index (χ1) is 6.93. The Hall–Kier alpha value is -0.570. The summed E-state index contributed by atoms with van der Waals surface area (Å²) < 4.78 is 4.78. The molecule has 0 fully saturated rings. The number of aliphatic hydroxyl groups is 4. The minimum Gasteiger partial charge on any atom is -0.394 e. The number of rotatable bonds is 7. The monoisotopic (exact) mass is 223 g/mol. The fraction of sp³-hybridized carbons (Fsp3) is 0.875. The van der Waals surface area contributed by atoms with Gasteiger partial charge in [-0.1, -0.05) is 0 Å². The normalized spacial score (nSPS) is 21.5.